The minimum absolute atomic E-state index is 0.0528. The van der Waals surface area contributed by atoms with E-state index in [-0.39, 0.29) is 11.3 Å². The predicted octanol–water partition coefficient (Wildman–Crippen LogP) is 4.03. The number of benzene rings is 2. The van der Waals surface area contributed by atoms with E-state index < -0.39 is 5.66 Å². The number of carbonyl (C=O) groups is 1. The Bertz CT molecular complexity index is 932. The standard InChI is InChI=1S/C23H26N2O2/c1-5-27-20-9-7-6-8-17(20)12-13-23-22(3,4)18-14-16(2)10-11-19(18)25(23)15-21(26)24-23/h6-14H,5,15H2,1-4H3,(H,24,26)/t23-/m1/s1. The summed E-state index contributed by atoms with van der Waals surface area (Å²) >= 11 is 0. The first kappa shape index (κ1) is 17.7. The molecular weight excluding hydrogens is 336 g/mol. The second-order valence-corrected chi connectivity index (χ2v) is 7.85. The summed E-state index contributed by atoms with van der Waals surface area (Å²) < 4.78 is 5.76. The Balaban J connectivity index is 1.82. The maximum Gasteiger partial charge on any atom is 0.241 e. The largest absolute Gasteiger partial charge is 0.493 e. The molecule has 0 spiro atoms. The molecule has 1 N–H and O–H groups in total. The molecule has 0 bridgehead atoms. The van der Waals surface area contributed by atoms with E-state index in [0.29, 0.717) is 13.2 Å². The molecule has 2 aromatic rings. The molecule has 0 unspecified atom stereocenters. The minimum Gasteiger partial charge on any atom is -0.493 e. The maximum absolute atomic E-state index is 12.4. The summed E-state index contributed by atoms with van der Waals surface area (Å²) in [6.07, 6.45) is 4.20. The number of hydrogen-bond donors (Lipinski definition) is 1. The minimum atomic E-state index is -0.584. The molecule has 1 amide bonds. The number of ether oxygens (including phenoxy) is 1. The van der Waals surface area contributed by atoms with Crippen LogP contribution in [0.25, 0.3) is 6.08 Å². The molecule has 2 aliphatic rings. The van der Waals surface area contributed by atoms with Gasteiger partial charge in [0.15, 0.2) is 0 Å². The van der Waals surface area contributed by atoms with E-state index in [1.807, 2.05) is 31.2 Å². The highest BCUT2D eigenvalue weighted by atomic mass is 16.5. The van der Waals surface area contributed by atoms with Crippen LogP contribution in [0, 0.1) is 6.92 Å². The van der Waals surface area contributed by atoms with Gasteiger partial charge in [-0.05, 0) is 37.6 Å². The fraction of sp³-hybridized carbons (Fsp3) is 0.348. The molecule has 4 nitrogen and oxygen atoms in total. The van der Waals surface area contributed by atoms with Crippen molar-refractivity contribution in [3.8, 4) is 5.75 Å². The summed E-state index contributed by atoms with van der Waals surface area (Å²) in [5.74, 6) is 0.907. The van der Waals surface area contributed by atoms with Gasteiger partial charge in [0.25, 0.3) is 0 Å². The van der Waals surface area contributed by atoms with Crippen LogP contribution in [0.4, 0.5) is 5.69 Å². The lowest BCUT2D eigenvalue weighted by Gasteiger charge is -2.40. The van der Waals surface area contributed by atoms with E-state index in [1.54, 1.807) is 0 Å². The molecule has 2 aromatic carbocycles. The van der Waals surface area contributed by atoms with E-state index in [2.05, 4.69) is 61.3 Å². The van der Waals surface area contributed by atoms with Gasteiger partial charge in [0, 0.05) is 16.7 Å². The molecule has 0 aliphatic carbocycles. The molecule has 27 heavy (non-hydrogen) atoms. The van der Waals surface area contributed by atoms with E-state index in [1.165, 1.54) is 11.1 Å². The lowest BCUT2D eigenvalue weighted by molar-refractivity contribution is -0.118. The summed E-state index contributed by atoms with van der Waals surface area (Å²) in [6.45, 7) is 9.49. The first-order valence-corrected chi connectivity index (χ1v) is 9.50. The third kappa shape index (κ3) is 2.54. The fourth-order valence-corrected chi connectivity index (χ4v) is 4.40. The molecule has 1 fully saturated rings. The van der Waals surface area contributed by atoms with Crippen molar-refractivity contribution < 1.29 is 9.53 Å². The van der Waals surface area contributed by atoms with Gasteiger partial charge in [-0.3, -0.25) is 4.79 Å². The Labute approximate surface area is 160 Å². The first-order chi connectivity index (χ1) is 12.9. The topological polar surface area (TPSA) is 41.6 Å². The second-order valence-electron chi connectivity index (χ2n) is 7.85. The van der Waals surface area contributed by atoms with Gasteiger partial charge in [-0.1, -0.05) is 55.8 Å². The molecule has 0 radical (unpaired) electrons. The third-order valence-electron chi connectivity index (χ3n) is 5.85. The number of rotatable bonds is 4. The van der Waals surface area contributed by atoms with Crippen LogP contribution in [0.15, 0.2) is 48.5 Å². The summed E-state index contributed by atoms with van der Waals surface area (Å²) in [6, 6.07) is 14.5. The summed E-state index contributed by atoms with van der Waals surface area (Å²) in [7, 11) is 0. The van der Waals surface area contributed by atoms with E-state index in [0.717, 1.165) is 17.0 Å². The van der Waals surface area contributed by atoms with Crippen LogP contribution in [-0.2, 0) is 10.2 Å². The fourth-order valence-electron chi connectivity index (χ4n) is 4.40. The van der Waals surface area contributed by atoms with Crippen LogP contribution >= 0.6 is 0 Å². The first-order valence-electron chi connectivity index (χ1n) is 9.50. The number of hydrogen-bond acceptors (Lipinski definition) is 3. The Hall–Kier alpha value is -2.75. The average molecular weight is 362 g/mol. The van der Waals surface area contributed by atoms with Gasteiger partial charge in [-0.15, -0.1) is 0 Å². The quantitative estimate of drug-likeness (QED) is 0.893. The second kappa shape index (κ2) is 6.15. The van der Waals surface area contributed by atoms with Crippen LogP contribution in [0.5, 0.6) is 5.75 Å². The highest BCUT2D eigenvalue weighted by Gasteiger charge is 2.59. The van der Waals surface area contributed by atoms with Crippen LogP contribution in [0.2, 0.25) is 0 Å². The third-order valence-corrected chi connectivity index (χ3v) is 5.85. The molecule has 1 saturated heterocycles. The van der Waals surface area contributed by atoms with Crippen molar-refractivity contribution in [1.29, 1.82) is 0 Å². The molecule has 0 saturated carbocycles. The van der Waals surface area contributed by atoms with E-state index in [9.17, 15) is 4.79 Å². The average Bonchev–Trinajstić information content (AvgIpc) is 3.06. The van der Waals surface area contributed by atoms with Crippen molar-refractivity contribution in [1.82, 2.24) is 5.32 Å². The van der Waals surface area contributed by atoms with E-state index >= 15 is 0 Å². The molecule has 2 heterocycles. The van der Waals surface area contributed by atoms with Crippen molar-refractivity contribution in [2.75, 3.05) is 18.1 Å². The van der Waals surface area contributed by atoms with E-state index in [4.69, 9.17) is 4.74 Å². The smallest absolute Gasteiger partial charge is 0.241 e. The van der Waals surface area contributed by atoms with Gasteiger partial charge >= 0.3 is 0 Å². The Morgan fingerprint density at radius 1 is 1.22 bits per heavy atom. The number of aryl methyl sites for hydroxylation is 1. The van der Waals surface area contributed by atoms with Crippen LogP contribution in [0.1, 0.15) is 37.5 Å². The van der Waals surface area contributed by atoms with Crippen molar-refractivity contribution in [2.45, 2.75) is 38.8 Å². The Kier molecular flexibility index (Phi) is 4.02. The zero-order valence-electron chi connectivity index (χ0n) is 16.4. The molecule has 4 heteroatoms. The van der Waals surface area contributed by atoms with Gasteiger partial charge in [-0.25, -0.2) is 0 Å². The maximum atomic E-state index is 12.4. The van der Waals surface area contributed by atoms with Gasteiger partial charge in [-0.2, -0.15) is 0 Å². The van der Waals surface area contributed by atoms with Gasteiger partial charge in [0.1, 0.15) is 11.4 Å². The Morgan fingerprint density at radius 2 is 2.00 bits per heavy atom. The number of anilines is 1. The normalized spacial score (nSPS) is 22.7. The monoisotopic (exact) mass is 362 g/mol. The van der Waals surface area contributed by atoms with Crippen LogP contribution in [-0.4, -0.2) is 24.7 Å². The highest BCUT2D eigenvalue weighted by Crippen LogP contribution is 2.53. The predicted molar refractivity (Wildman–Crippen MR) is 109 cm³/mol. The Morgan fingerprint density at radius 3 is 2.78 bits per heavy atom. The van der Waals surface area contributed by atoms with Crippen LogP contribution < -0.4 is 15.0 Å². The van der Waals surface area contributed by atoms with Crippen LogP contribution in [0.3, 0.4) is 0 Å². The SMILES string of the molecule is CCOc1ccccc1C=C[C@@]12NC(=O)CN1c1ccc(C)cc1C2(C)C. The zero-order valence-corrected chi connectivity index (χ0v) is 16.4. The summed E-state index contributed by atoms with van der Waals surface area (Å²) in [5, 5.41) is 3.27. The number of carbonyl (C=O) groups excluding carboxylic acids is 1. The summed E-state index contributed by atoms with van der Waals surface area (Å²) in [4.78, 5) is 14.6. The number of nitrogens with one attached hydrogen (secondary N) is 1. The van der Waals surface area contributed by atoms with Gasteiger partial charge < -0.3 is 15.0 Å². The number of para-hydroxylation sites is 1. The van der Waals surface area contributed by atoms with Crippen molar-refractivity contribution in [2.24, 2.45) is 0 Å². The summed E-state index contributed by atoms with van der Waals surface area (Å²) in [5.41, 5.74) is 3.79. The molecular formula is C23H26N2O2. The molecule has 140 valence electrons. The zero-order chi connectivity index (χ0) is 19.2. The van der Waals surface area contributed by atoms with Crippen molar-refractivity contribution >= 4 is 17.7 Å². The molecule has 1 atom stereocenters. The number of amides is 1. The lowest BCUT2D eigenvalue weighted by Crippen LogP contribution is -2.58. The van der Waals surface area contributed by atoms with Gasteiger partial charge in [0.2, 0.25) is 5.91 Å². The van der Waals surface area contributed by atoms with Gasteiger partial charge in [0.05, 0.1) is 13.2 Å². The number of fused-ring (bicyclic) bond motifs is 3. The molecule has 0 aromatic heterocycles. The van der Waals surface area contributed by atoms with Crippen molar-refractivity contribution in [3.63, 3.8) is 0 Å². The highest BCUT2D eigenvalue weighted by molar-refractivity contribution is 5.91. The van der Waals surface area contributed by atoms with Crippen molar-refractivity contribution in [3.05, 3.63) is 65.2 Å². The molecule has 4 rings (SSSR count). The number of nitrogens with zero attached hydrogens (tertiary/aromatic N) is 1. The lowest BCUT2D eigenvalue weighted by atomic mass is 9.75. The molecule has 2 aliphatic heterocycles.